The van der Waals surface area contributed by atoms with E-state index in [0.717, 1.165) is 0 Å². The summed E-state index contributed by atoms with van der Waals surface area (Å²) in [5, 5.41) is 0. The molecular formula is C5H7F2O2. The Bertz CT molecular complexity index is 81.0. The third-order valence-electron chi connectivity index (χ3n) is 1.06. The van der Waals surface area contributed by atoms with E-state index in [2.05, 4.69) is 4.74 Å². The minimum absolute atomic E-state index is 0.0116. The van der Waals surface area contributed by atoms with Crippen molar-refractivity contribution in [2.45, 2.75) is 6.10 Å². The predicted molar refractivity (Wildman–Crippen MR) is 26.0 cm³/mol. The molecule has 1 aliphatic heterocycles. The highest BCUT2D eigenvalue weighted by Gasteiger charge is 2.25. The maximum Gasteiger partial charge on any atom is 0.340 e. The molecule has 1 unspecified atom stereocenters. The molecule has 0 aromatic heterocycles. The maximum atomic E-state index is 11.6. The summed E-state index contributed by atoms with van der Waals surface area (Å²) in [6.07, 6.45) is -2.78. The van der Waals surface area contributed by atoms with Gasteiger partial charge in [0.25, 0.3) is 0 Å². The smallest absolute Gasteiger partial charge is 0.340 e. The van der Waals surface area contributed by atoms with Crippen LogP contribution >= 0.6 is 0 Å². The molecule has 1 saturated heterocycles. The second kappa shape index (κ2) is 3.08. The Morgan fingerprint density at radius 1 is 1.33 bits per heavy atom. The summed E-state index contributed by atoms with van der Waals surface area (Å²) in [5.74, 6) is 0. The zero-order valence-electron chi connectivity index (χ0n) is 4.77. The van der Waals surface area contributed by atoms with Crippen molar-refractivity contribution in [3.63, 3.8) is 0 Å². The van der Waals surface area contributed by atoms with E-state index in [1.807, 2.05) is 0 Å². The number of rotatable bonds is 1. The van der Waals surface area contributed by atoms with Crippen molar-refractivity contribution in [1.82, 2.24) is 0 Å². The molecule has 1 heterocycles. The highest BCUT2D eigenvalue weighted by molar-refractivity contribution is 4.76. The Labute approximate surface area is 51.8 Å². The largest absolute Gasteiger partial charge is 0.376 e. The molecular weight excluding hydrogens is 130 g/mol. The van der Waals surface area contributed by atoms with E-state index in [1.165, 1.54) is 0 Å². The highest BCUT2D eigenvalue weighted by atomic mass is 19.3. The van der Waals surface area contributed by atoms with Gasteiger partial charge < -0.3 is 9.47 Å². The van der Waals surface area contributed by atoms with Gasteiger partial charge in [0.2, 0.25) is 0 Å². The standard InChI is InChI=1S/C5H7F2O2/c6-5(7)4-3-8-1-2-9-4/h4H,1-3H2. The Morgan fingerprint density at radius 2 is 2.11 bits per heavy atom. The average Bonchev–Trinajstić information content (AvgIpc) is 1.90. The third kappa shape index (κ3) is 1.87. The quantitative estimate of drug-likeness (QED) is 0.533. The van der Waals surface area contributed by atoms with Crippen molar-refractivity contribution in [3.8, 4) is 0 Å². The molecule has 1 rings (SSSR count). The number of ether oxygens (including phenoxy) is 2. The lowest BCUT2D eigenvalue weighted by molar-refractivity contribution is -0.108. The monoisotopic (exact) mass is 137 g/mol. The van der Waals surface area contributed by atoms with Gasteiger partial charge in [0, 0.05) is 0 Å². The fraction of sp³-hybridized carbons (Fsp3) is 0.800. The normalized spacial score (nSPS) is 29.0. The molecule has 0 bridgehead atoms. The molecule has 0 spiro atoms. The summed E-state index contributed by atoms with van der Waals surface area (Å²) in [6.45, 7) is 0.675. The first-order valence-corrected chi connectivity index (χ1v) is 2.68. The lowest BCUT2D eigenvalue weighted by atomic mass is 10.4. The first-order chi connectivity index (χ1) is 4.30. The summed E-state index contributed by atoms with van der Waals surface area (Å²) in [4.78, 5) is 0. The lowest BCUT2D eigenvalue weighted by Crippen LogP contribution is -2.30. The molecule has 2 nitrogen and oxygen atoms in total. The number of halogens is 2. The molecule has 9 heavy (non-hydrogen) atoms. The molecule has 1 aliphatic rings. The summed E-state index contributed by atoms with van der Waals surface area (Å²) in [7, 11) is 0. The van der Waals surface area contributed by atoms with E-state index in [9.17, 15) is 8.78 Å². The van der Waals surface area contributed by atoms with E-state index in [1.54, 1.807) is 0 Å². The van der Waals surface area contributed by atoms with Gasteiger partial charge >= 0.3 is 6.43 Å². The molecule has 0 saturated carbocycles. The topological polar surface area (TPSA) is 18.5 Å². The van der Waals surface area contributed by atoms with Crippen molar-refractivity contribution in [3.05, 3.63) is 6.43 Å². The van der Waals surface area contributed by atoms with Crippen molar-refractivity contribution in [2.75, 3.05) is 19.8 Å². The molecule has 53 valence electrons. The van der Waals surface area contributed by atoms with E-state index in [4.69, 9.17) is 4.74 Å². The number of hydrogen-bond donors (Lipinski definition) is 0. The molecule has 0 aromatic carbocycles. The number of hydrogen-bond acceptors (Lipinski definition) is 2. The fourth-order valence-corrected chi connectivity index (χ4v) is 0.614. The Hall–Kier alpha value is -0.220. The van der Waals surface area contributed by atoms with E-state index in [-0.39, 0.29) is 13.2 Å². The lowest BCUT2D eigenvalue weighted by Gasteiger charge is -2.20. The van der Waals surface area contributed by atoms with E-state index < -0.39 is 12.5 Å². The first kappa shape index (κ1) is 6.89. The third-order valence-corrected chi connectivity index (χ3v) is 1.06. The Balaban J connectivity index is 2.23. The van der Waals surface area contributed by atoms with Gasteiger partial charge in [-0.3, -0.25) is 0 Å². The van der Waals surface area contributed by atoms with Gasteiger partial charge in [-0.15, -0.1) is 0 Å². The van der Waals surface area contributed by atoms with Crippen LogP contribution in [0.4, 0.5) is 8.78 Å². The van der Waals surface area contributed by atoms with Gasteiger partial charge in [0.05, 0.1) is 19.8 Å². The van der Waals surface area contributed by atoms with Crippen LogP contribution in [0.1, 0.15) is 0 Å². The van der Waals surface area contributed by atoms with Gasteiger partial charge in [-0.05, 0) is 0 Å². The Kier molecular flexibility index (Phi) is 2.36. The van der Waals surface area contributed by atoms with Crippen molar-refractivity contribution < 1.29 is 18.3 Å². The van der Waals surface area contributed by atoms with E-state index in [0.29, 0.717) is 6.61 Å². The predicted octanol–water partition coefficient (Wildman–Crippen LogP) is 0.830. The van der Waals surface area contributed by atoms with Gasteiger partial charge in [-0.2, -0.15) is 8.78 Å². The van der Waals surface area contributed by atoms with Crippen LogP contribution in [0.2, 0.25) is 0 Å². The van der Waals surface area contributed by atoms with Crippen molar-refractivity contribution in [2.24, 2.45) is 0 Å². The molecule has 4 heteroatoms. The van der Waals surface area contributed by atoms with Crippen LogP contribution in [0.5, 0.6) is 0 Å². The van der Waals surface area contributed by atoms with Crippen LogP contribution in [-0.2, 0) is 9.47 Å². The maximum absolute atomic E-state index is 11.6. The van der Waals surface area contributed by atoms with Crippen LogP contribution in [0, 0.1) is 6.43 Å². The molecule has 0 N–H and O–H groups in total. The summed E-state index contributed by atoms with van der Waals surface area (Å²) < 4.78 is 32.6. The molecule has 1 atom stereocenters. The van der Waals surface area contributed by atoms with E-state index >= 15 is 0 Å². The van der Waals surface area contributed by atoms with Crippen molar-refractivity contribution in [1.29, 1.82) is 0 Å². The van der Waals surface area contributed by atoms with Crippen LogP contribution in [0.15, 0.2) is 0 Å². The van der Waals surface area contributed by atoms with Crippen LogP contribution in [0.3, 0.4) is 0 Å². The molecule has 1 radical (unpaired) electrons. The second-order valence-electron chi connectivity index (χ2n) is 1.72. The molecule has 0 amide bonds. The van der Waals surface area contributed by atoms with Crippen LogP contribution in [-0.4, -0.2) is 25.9 Å². The van der Waals surface area contributed by atoms with Gasteiger partial charge in [-0.1, -0.05) is 0 Å². The SMILES string of the molecule is F[C](F)C1COCCO1. The minimum atomic E-state index is -1.70. The molecule has 0 aromatic rings. The minimum Gasteiger partial charge on any atom is -0.376 e. The van der Waals surface area contributed by atoms with Gasteiger partial charge in [0.15, 0.2) is 6.10 Å². The summed E-state index contributed by atoms with van der Waals surface area (Å²) in [6, 6.07) is 0. The Morgan fingerprint density at radius 3 is 2.44 bits per heavy atom. The zero-order chi connectivity index (χ0) is 6.69. The highest BCUT2D eigenvalue weighted by Crippen LogP contribution is 2.15. The average molecular weight is 137 g/mol. The summed E-state index contributed by atoms with van der Waals surface area (Å²) >= 11 is 0. The zero-order valence-corrected chi connectivity index (χ0v) is 4.77. The van der Waals surface area contributed by atoms with Crippen molar-refractivity contribution >= 4 is 0 Å². The molecule has 0 aliphatic carbocycles. The van der Waals surface area contributed by atoms with Gasteiger partial charge in [-0.25, -0.2) is 0 Å². The van der Waals surface area contributed by atoms with Gasteiger partial charge in [0.1, 0.15) is 0 Å². The molecule has 1 fully saturated rings. The fourth-order valence-electron chi connectivity index (χ4n) is 0.614. The van der Waals surface area contributed by atoms with Crippen LogP contribution < -0.4 is 0 Å². The second-order valence-corrected chi connectivity index (χ2v) is 1.72. The first-order valence-electron chi connectivity index (χ1n) is 2.68. The van der Waals surface area contributed by atoms with Crippen LogP contribution in [0.25, 0.3) is 0 Å². The summed E-state index contributed by atoms with van der Waals surface area (Å²) in [5.41, 5.74) is 0.